The van der Waals surface area contributed by atoms with Crippen molar-refractivity contribution in [1.82, 2.24) is 0 Å². The maximum absolute atomic E-state index is 14.0. The Hall–Kier alpha value is -2.44. The van der Waals surface area contributed by atoms with Crippen LogP contribution in [0.15, 0.2) is 36.4 Å². The molecule has 3 rings (SSSR count). The lowest BCUT2D eigenvalue weighted by Crippen LogP contribution is -2.31. The number of rotatable bonds is 3. The Morgan fingerprint density at radius 3 is 2.80 bits per heavy atom. The second-order valence-electron chi connectivity index (χ2n) is 5.78. The molecule has 1 aliphatic rings. The fourth-order valence-corrected chi connectivity index (χ4v) is 3.01. The Kier molecular flexibility index (Phi) is 4.74. The number of ether oxygens (including phenoxy) is 1. The van der Waals surface area contributed by atoms with Crippen molar-refractivity contribution in [2.24, 2.45) is 0 Å². The van der Waals surface area contributed by atoms with E-state index in [0.717, 1.165) is 0 Å². The predicted molar refractivity (Wildman–Crippen MR) is 90.2 cm³/mol. The fraction of sp³-hybridized carbons (Fsp3) is 0.222. The first-order valence-electron chi connectivity index (χ1n) is 7.59. The summed E-state index contributed by atoms with van der Waals surface area (Å²) in [7, 11) is 0. The topological polar surface area (TPSA) is 75.6 Å². The molecule has 0 saturated carbocycles. The molecule has 0 fully saturated rings. The Balaban J connectivity index is 2.15. The van der Waals surface area contributed by atoms with Crippen LogP contribution in [0.2, 0.25) is 5.02 Å². The highest BCUT2D eigenvalue weighted by Gasteiger charge is 2.34. The molecule has 0 unspecified atom stereocenters. The number of amides is 1. The van der Waals surface area contributed by atoms with E-state index in [4.69, 9.17) is 21.4 Å². The standard InChI is InChI=1S/C18H15ClFNO4/c1-9-11(3-2-4-13(9)20)17-12-7-10(19)5-6-14(12)21-18(24)15(25-17)8-16(22)23/h2-7,15,17H,8H2,1H3,(H,21,24)(H,22,23)/t15-,17-/m0/s1. The zero-order valence-electron chi connectivity index (χ0n) is 13.3. The maximum Gasteiger partial charge on any atom is 0.306 e. The summed E-state index contributed by atoms with van der Waals surface area (Å²) in [5.41, 5.74) is 1.87. The van der Waals surface area contributed by atoms with Gasteiger partial charge in [0.25, 0.3) is 5.91 Å². The van der Waals surface area contributed by atoms with Crippen molar-refractivity contribution >= 4 is 29.2 Å². The summed E-state index contributed by atoms with van der Waals surface area (Å²) in [5, 5.41) is 12.1. The van der Waals surface area contributed by atoms with Gasteiger partial charge in [-0.25, -0.2) is 4.39 Å². The molecule has 5 nitrogen and oxygen atoms in total. The van der Waals surface area contributed by atoms with Gasteiger partial charge < -0.3 is 15.2 Å². The van der Waals surface area contributed by atoms with Crippen molar-refractivity contribution in [3.05, 3.63) is 63.9 Å². The van der Waals surface area contributed by atoms with Gasteiger partial charge in [-0.2, -0.15) is 0 Å². The number of hydrogen-bond acceptors (Lipinski definition) is 3. The van der Waals surface area contributed by atoms with E-state index in [9.17, 15) is 14.0 Å². The van der Waals surface area contributed by atoms with E-state index in [1.54, 1.807) is 31.2 Å². The van der Waals surface area contributed by atoms with Crippen molar-refractivity contribution in [3.8, 4) is 0 Å². The van der Waals surface area contributed by atoms with Crippen molar-refractivity contribution in [2.75, 3.05) is 5.32 Å². The van der Waals surface area contributed by atoms with Crippen LogP contribution < -0.4 is 5.32 Å². The molecule has 130 valence electrons. The summed E-state index contributed by atoms with van der Waals surface area (Å²) in [6, 6.07) is 9.39. The van der Waals surface area contributed by atoms with Crippen LogP contribution in [0.1, 0.15) is 29.2 Å². The molecule has 0 radical (unpaired) electrons. The first-order chi connectivity index (χ1) is 11.9. The third-order valence-electron chi connectivity index (χ3n) is 4.10. The van der Waals surface area contributed by atoms with Crippen LogP contribution in [0, 0.1) is 12.7 Å². The molecular formula is C18H15ClFNO4. The molecule has 1 heterocycles. The van der Waals surface area contributed by atoms with Gasteiger partial charge in [0, 0.05) is 16.3 Å². The molecular weight excluding hydrogens is 349 g/mol. The van der Waals surface area contributed by atoms with Crippen molar-refractivity contribution in [2.45, 2.75) is 25.6 Å². The van der Waals surface area contributed by atoms with Crippen LogP contribution in [0.4, 0.5) is 10.1 Å². The number of carboxylic acids is 1. The van der Waals surface area contributed by atoms with Gasteiger partial charge in [-0.3, -0.25) is 9.59 Å². The van der Waals surface area contributed by atoms with Crippen LogP contribution in [-0.4, -0.2) is 23.1 Å². The number of aliphatic carboxylic acids is 1. The molecule has 0 aromatic heterocycles. The van der Waals surface area contributed by atoms with Crippen molar-refractivity contribution in [1.29, 1.82) is 0 Å². The van der Waals surface area contributed by atoms with Gasteiger partial charge >= 0.3 is 5.97 Å². The number of nitrogens with one attached hydrogen (secondary N) is 1. The minimum absolute atomic E-state index is 0.363. The number of carbonyl (C=O) groups excluding carboxylic acids is 1. The summed E-state index contributed by atoms with van der Waals surface area (Å²) >= 11 is 6.07. The Labute approximate surface area is 148 Å². The Morgan fingerprint density at radius 1 is 1.32 bits per heavy atom. The summed E-state index contributed by atoms with van der Waals surface area (Å²) in [6.07, 6.45) is -2.54. The molecule has 2 aromatic carbocycles. The van der Waals surface area contributed by atoms with E-state index < -0.39 is 36.3 Å². The highest BCUT2D eigenvalue weighted by Crippen LogP contribution is 2.38. The van der Waals surface area contributed by atoms with E-state index in [-0.39, 0.29) is 0 Å². The fourth-order valence-electron chi connectivity index (χ4n) is 2.83. The molecule has 25 heavy (non-hydrogen) atoms. The molecule has 0 spiro atoms. The SMILES string of the molecule is Cc1c(F)cccc1[C@@H]1O[C@@H](CC(=O)O)C(=O)Nc2ccc(Cl)cc21. The Bertz CT molecular complexity index is 855. The van der Waals surface area contributed by atoms with Gasteiger partial charge in [-0.15, -0.1) is 0 Å². The van der Waals surface area contributed by atoms with Gasteiger partial charge in [0.1, 0.15) is 18.0 Å². The zero-order valence-corrected chi connectivity index (χ0v) is 14.0. The van der Waals surface area contributed by atoms with Crippen LogP contribution in [0.5, 0.6) is 0 Å². The summed E-state index contributed by atoms with van der Waals surface area (Å²) in [6.45, 7) is 1.60. The first-order valence-corrected chi connectivity index (χ1v) is 7.97. The number of halogens is 2. The minimum Gasteiger partial charge on any atom is -0.481 e. The van der Waals surface area contributed by atoms with Gasteiger partial charge in [-0.05, 0) is 42.3 Å². The number of anilines is 1. The number of fused-ring (bicyclic) bond motifs is 1. The quantitative estimate of drug-likeness (QED) is 0.872. The number of benzene rings is 2. The second-order valence-corrected chi connectivity index (χ2v) is 6.21. The lowest BCUT2D eigenvalue weighted by molar-refractivity contribution is -0.146. The largest absolute Gasteiger partial charge is 0.481 e. The molecule has 0 bridgehead atoms. The van der Waals surface area contributed by atoms with E-state index in [1.165, 1.54) is 12.1 Å². The van der Waals surface area contributed by atoms with Crippen LogP contribution >= 0.6 is 11.6 Å². The molecule has 1 amide bonds. The van der Waals surface area contributed by atoms with Crippen LogP contribution in [0.25, 0.3) is 0 Å². The number of carbonyl (C=O) groups is 2. The molecule has 1 aliphatic heterocycles. The third kappa shape index (κ3) is 3.50. The van der Waals surface area contributed by atoms with Crippen molar-refractivity contribution < 1.29 is 23.8 Å². The van der Waals surface area contributed by atoms with Gasteiger partial charge in [-0.1, -0.05) is 23.7 Å². The molecule has 2 atom stereocenters. The van der Waals surface area contributed by atoms with Crippen LogP contribution in [0.3, 0.4) is 0 Å². The zero-order chi connectivity index (χ0) is 18.1. The van der Waals surface area contributed by atoms with Gasteiger partial charge in [0.05, 0.1) is 6.42 Å². The average Bonchev–Trinajstić information content (AvgIpc) is 2.67. The smallest absolute Gasteiger partial charge is 0.306 e. The number of carboxylic acid groups (broad SMARTS) is 1. The Morgan fingerprint density at radius 2 is 2.08 bits per heavy atom. The van der Waals surface area contributed by atoms with E-state index in [0.29, 0.717) is 27.4 Å². The highest BCUT2D eigenvalue weighted by molar-refractivity contribution is 6.30. The molecule has 0 saturated heterocycles. The average molecular weight is 364 g/mol. The maximum atomic E-state index is 14.0. The number of hydrogen-bond donors (Lipinski definition) is 2. The molecule has 2 N–H and O–H groups in total. The highest BCUT2D eigenvalue weighted by atomic mass is 35.5. The third-order valence-corrected chi connectivity index (χ3v) is 4.33. The van der Waals surface area contributed by atoms with Gasteiger partial charge in [0.2, 0.25) is 0 Å². The van der Waals surface area contributed by atoms with Crippen LogP contribution in [-0.2, 0) is 14.3 Å². The monoisotopic (exact) mass is 363 g/mol. The first kappa shape index (κ1) is 17.4. The lowest BCUT2D eigenvalue weighted by Gasteiger charge is -2.22. The van der Waals surface area contributed by atoms with E-state index >= 15 is 0 Å². The molecule has 2 aromatic rings. The summed E-state index contributed by atoms with van der Waals surface area (Å²) in [5.74, 6) is -2.15. The predicted octanol–water partition coefficient (Wildman–Crippen LogP) is 3.69. The summed E-state index contributed by atoms with van der Waals surface area (Å²) < 4.78 is 19.8. The lowest BCUT2D eigenvalue weighted by atomic mass is 9.96. The molecule has 0 aliphatic carbocycles. The summed E-state index contributed by atoms with van der Waals surface area (Å²) in [4.78, 5) is 23.4. The van der Waals surface area contributed by atoms with E-state index in [2.05, 4.69) is 5.32 Å². The van der Waals surface area contributed by atoms with E-state index in [1.807, 2.05) is 0 Å². The second kappa shape index (κ2) is 6.82. The minimum atomic E-state index is -1.21. The van der Waals surface area contributed by atoms with Crippen molar-refractivity contribution in [3.63, 3.8) is 0 Å². The normalized spacial score (nSPS) is 19.7. The van der Waals surface area contributed by atoms with Gasteiger partial charge in [0.15, 0.2) is 0 Å². The molecule has 7 heteroatoms.